The smallest absolute Gasteiger partial charge is 0.419 e. The molecule has 1 aromatic carbocycles. The zero-order valence-electron chi connectivity index (χ0n) is 20.6. The number of nitrogens with two attached hydrogens (primary N) is 1. The number of nitrogens with zero attached hydrogens (tertiary/aromatic N) is 6. The number of hydrogen-bond acceptors (Lipinski definition) is 6. The Labute approximate surface area is 206 Å². The highest BCUT2D eigenvalue weighted by molar-refractivity contribution is 5.46. The number of ether oxygens (including phenoxy) is 1. The lowest BCUT2D eigenvalue weighted by atomic mass is 9.93. The van der Waals surface area contributed by atoms with Gasteiger partial charge in [-0.15, -0.1) is 5.10 Å². The third-order valence-electron chi connectivity index (χ3n) is 7.05. The van der Waals surface area contributed by atoms with E-state index in [1.54, 1.807) is 4.68 Å². The quantitative estimate of drug-likeness (QED) is 0.500. The van der Waals surface area contributed by atoms with Crippen molar-refractivity contribution in [3.8, 4) is 17.7 Å². The van der Waals surface area contributed by atoms with Crippen LogP contribution in [0, 0.1) is 31.5 Å². The third kappa shape index (κ3) is 4.31. The molecule has 2 aromatic heterocycles. The molecular weight excluding hydrogens is 478 g/mol. The maximum absolute atomic E-state index is 14.1. The predicted octanol–water partition coefficient (Wildman–Crippen LogP) is 4.79. The number of piperidine rings is 1. The molecule has 0 spiro atoms. The summed E-state index contributed by atoms with van der Waals surface area (Å²) in [5.74, 6) is 0.391. The predicted molar refractivity (Wildman–Crippen MR) is 125 cm³/mol. The number of halogens is 4. The van der Waals surface area contributed by atoms with Crippen LogP contribution in [0.15, 0.2) is 18.2 Å². The van der Waals surface area contributed by atoms with Crippen LogP contribution in [0.2, 0.25) is 0 Å². The first-order chi connectivity index (χ1) is 16.9. The lowest BCUT2D eigenvalue weighted by molar-refractivity contribution is -0.140. The molecule has 1 aliphatic carbocycles. The summed E-state index contributed by atoms with van der Waals surface area (Å²) >= 11 is 0. The minimum Gasteiger partial charge on any atom is -0.424 e. The molecule has 194 valence electrons. The van der Waals surface area contributed by atoms with Crippen LogP contribution in [0.5, 0.6) is 11.8 Å². The maximum atomic E-state index is 14.1. The first kappa shape index (κ1) is 24.5. The lowest BCUT2D eigenvalue weighted by Gasteiger charge is -2.37. The highest BCUT2D eigenvalue weighted by atomic mass is 19.4. The molecule has 2 aliphatic rings. The summed E-state index contributed by atoms with van der Waals surface area (Å²) in [5.41, 5.74) is 5.58. The molecule has 0 amide bonds. The molecule has 3 aromatic rings. The Hall–Kier alpha value is -3.15. The highest BCUT2D eigenvalue weighted by Crippen LogP contribution is 2.39. The number of hydrogen-bond donors (Lipinski definition) is 1. The standard InChI is InChI=1S/C24H29F4N7O/c1-12(2)34-23(36-17-7-13(3)20(25)18(9-17)24(26,27)28)30-22(32-34)35-19(8-14(4)31-35)33-10-15-5-6-16(11-33)21(15)29/h7-9,12,15-16,21H,5-6,10-11,29H2,1-4H3. The molecule has 5 rings (SSSR count). The Morgan fingerprint density at radius 1 is 1.06 bits per heavy atom. The van der Waals surface area contributed by atoms with Gasteiger partial charge in [-0.1, -0.05) is 0 Å². The fourth-order valence-corrected chi connectivity index (χ4v) is 5.21. The molecule has 1 saturated heterocycles. The summed E-state index contributed by atoms with van der Waals surface area (Å²) in [5, 5.41) is 9.15. The van der Waals surface area contributed by atoms with E-state index < -0.39 is 17.6 Å². The third-order valence-corrected chi connectivity index (χ3v) is 7.05. The molecule has 12 heteroatoms. The summed E-state index contributed by atoms with van der Waals surface area (Å²) in [6, 6.07) is 3.79. The molecule has 2 atom stereocenters. The highest BCUT2D eigenvalue weighted by Gasteiger charge is 2.41. The lowest BCUT2D eigenvalue weighted by Crippen LogP contribution is -2.49. The summed E-state index contributed by atoms with van der Waals surface area (Å²) in [4.78, 5) is 6.73. The van der Waals surface area contributed by atoms with Crippen LogP contribution in [0.3, 0.4) is 0 Å². The van der Waals surface area contributed by atoms with E-state index in [9.17, 15) is 17.6 Å². The van der Waals surface area contributed by atoms with Crippen molar-refractivity contribution in [1.82, 2.24) is 24.5 Å². The van der Waals surface area contributed by atoms with Crippen molar-refractivity contribution in [1.29, 1.82) is 0 Å². The van der Waals surface area contributed by atoms with Gasteiger partial charge in [0.2, 0.25) is 0 Å². The minimum atomic E-state index is -4.86. The van der Waals surface area contributed by atoms with Crippen LogP contribution in [0.4, 0.5) is 23.4 Å². The second-order valence-corrected chi connectivity index (χ2v) is 10.1. The van der Waals surface area contributed by atoms with Gasteiger partial charge in [-0.25, -0.2) is 9.07 Å². The molecule has 2 unspecified atom stereocenters. The van der Waals surface area contributed by atoms with Crippen LogP contribution in [0.1, 0.15) is 49.6 Å². The van der Waals surface area contributed by atoms with Gasteiger partial charge in [0, 0.05) is 25.2 Å². The van der Waals surface area contributed by atoms with Crippen molar-refractivity contribution in [3.63, 3.8) is 0 Å². The van der Waals surface area contributed by atoms with Gasteiger partial charge in [-0.2, -0.15) is 27.9 Å². The van der Waals surface area contributed by atoms with Crippen molar-refractivity contribution >= 4 is 5.82 Å². The Morgan fingerprint density at radius 2 is 1.72 bits per heavy atom. The normalized spacial score (nSPS) is 22.1. The summed E-state index contributed by atoms with van der Waals surface area (Å²) in [6.45, 7) is 8.45. The van der Waals surface area contributed by atoms with E-state index in [1.165, 1.54) is 17.7 Å². The first-order valence-electron chi connectivity index (χ1n) is 12.0. The van der Waals surface area contributed by atoms with Crippen LogP contribution < -0.4 is 15.4 Å². The minimum absolute atomic E-state index is 0.0148. The zero-order chi connectivity index (χ0) is 25.9. The van der Waals surface area contributed by atoms with Gasteiger partial charge in [0.1, 0.15) is 17.4 Å². The molecule has 1 aliphatic heterocycles. The molecule has 3 heterocycles. The van der Waals surface area contributed by atoms with Crippen molar-refractivity contribution in [2.75, 3.05) is 18.0 Å². The largest absolute Gasteiger partial charge is 0.424 e. The van der Waals surface area contributed by atoms with Crippen LogP contribution in [-0.2, 0) is 6.18 Å². The van der Waals surface area contributed by atoms with E-state index in [0.29, 0.717) is 17.9 Å². The number of benzene rings is 1. The second-order valence-electron chi connectivity index (χ2n) is 10.1. The van der Waals surface area contributed by atoms with Crippen molar-refractivity contribution < 1.29 is 22.3 Å². The average Bonchev–Trinajstić information content (AvgIpc) is 3.42. The van der Waals surface area contributed by atoms with Gasteiger partial charge in [0.25, 0.3) is 5.95 Å². The average molecular weight is 508 g/mol. The Kier molecular flexibility index (Phi) is 5.97. The van der Waals surface area contributed by atoms with Crippen LogP contribution in [-0.4, -0.2) is 43.7 Å². The Bertz CT molecular complexity index is 1270. The van der Waals surface area contributed by atoms with E-state index in [4.69, 9.17) is 10.5 Å². The van der Waals surface area contributed by atoms with E-state index >= 15 is 0 Å². The number of aromatic nitrogens is 5. The molecule has 1 saturated carbocycles. The maximum Gasteiger partial charge on any atom is 0.419 e. The van der Waals surface area contributed by atoms with Gasteiger partial charge < -0.3 is 15.4 Å². The van der Waals surface area contributed by atoms with Crippen LogP contribution >= 0.6 is 0 Å². The number of aryl methyl sites for hydroxylation is 2. The molecule has 2 bridgehead atoms. The molecule has 2 N–H and O–H groups in total. The van der Waals surface area contributed by atoms with Gasteiger partial charge in [-0.3, -0.25) is 0 Å². The van der Waals surface area contributed by atoms with E-state index in [-0.39, 0.29) is 35.4 Å². The number of anilines is 1. The first-order valence-corrected chi connectivity index (χ1v) is 12.0. The van der Waals surface area contributed by atoms with E-state index in [2.05, 4.69) is 20.1 Å². The monoisotopic (exact) mass is 507 g/mol. The van der Waals surface area contributed by atoms with Crippen molar-refractivity contribution in [2.24, 2.45) is 17.6 Å². The number of alkyl halides is 3. The summed E-state index contributed by atoms with van der Waals surface area (Å²) in [7, 11) is 0. The van der Waals surface area contributed by atoms with Crippen LogP contribution in [0.25, 0.3) is 5.95 Å². The van der Waals surface area contributed by atoms with Gasteiger partial charge in [0.05, 0.1) is 17.3 Å². The van der Waals surface area contributed by atoms with Crippen molar-refractivity contribution in [3.05, 3.63) is 40.8 Å². The Balaban J connectivity index is 1.51. The summed E-state index contributed by atoms with van der Waals surface area (Å²) < 4.78 is 63.0. The van der Waals surface area contributed by atoms with Gasteiger partial charge >= 0.3 is 12.2 Å². The molecular formula is C24H29F4N7O. The van der Waals surface area contributed by atoms with Gasteiger partial charge in [-0.05, 0) is 70.1 Å². The topological polar surface area (TPSA) is 87.0 Å². The fraction of sp³-hybridized carbons (Fsp3) is 0.542. The molecule has 8 nitrogen and oxygen atoms in total. The number of fused-ring (bicyclic) bond motifs is 2. The zero-order valence-corrected chi connectivity index (χ0v) is 20.6. The SMILES string of the molecule is Cc1cc(N2CC3CCC(C2)C3N)n(-c2nc(Oc3cc(C)c(F)c(C(F)(F)F)c3)n(C(C)C)n2)n1. The van der Waals surface area contributed by atoms with Crippen molar-refractivity contribution in [2.45, 2.75) is 58.8 Å². The molecule has 2 fully saturated rings. The summed E-state index contributed by atoms with van der Waals surface area (Å²) in [6.07, 6.45) is -2.65. The molecule has 0 radical (unpaired) electrons. The van der Waals surface area contributed by atoms with E-state index in [0.717, 1.165) is 37.4 Å². The molecule has 36 heavy (non-hydrogen) atoms. The van der Waals surface area contributed by atoms with E-state index in [1.807, 2.05) is 26.8 Å². The van der Waals surface area contributed by atoms with Gasteiger partial charge in [0.15, 0.2) is 0 Å². The Morgan fingerprint density at radius 3 is 2.33 bits per heavy atom. The number of rotatable bonds is 5. The second kappa shape index (κ2) is 8.75. The fourth-order valence-electron chi connectivity index (χ4n) is 5.21.